The number of carbonyl (C=O) groups is 1. The van der Waals surface area contributed by atoms with Crippen LogP contribution in [0, 0.1) is 0 Å². The van der Waals surface area contributed by atoms with Gasteiger partial charge in [-0.3, -0.25) is 9.69 Å². The SMILES string of the molecule is O=C(CN1CCSCC1)N/N=C\c1ccc(-c2ccccc2)cc1. The van der Waals surface area contributed by atoms with E-state index in [1.807, 2.05) is 42.1 Å². The maximum Gasteiger partial charge on any atom is 0.254 e. The molecule has 1 aliphatic rings. The molecule has 1 aliphatic heterocycles. The minimum absolute atomic E-state index is 0.0564. The van der Waals surface area contributed by atoms with Crippen LogP contribution in [-0.2, 0) is 4.79 Å². The van der Waals surface area contributed by atoms with E-state index in [1.165, 1.54) is 11.1 Å². The number of carbonyl (C=O) groups excluding carboxylic acids is 1. The molecule has 0 spiro atoms. The molecule has 1 saturated heterocycles. The summed E-state index contributed by atoms with van der Waals surface area (Å²) in [6, 6.07) is 18.4. The summed E-state index contributed by atoms with van der Waals surface area (Å²) in [6.45, 7) is 2.37. The van der Waals surface area contributed by atoms with Crippen molar-refractivity contribution in [2.24, 2.45) is 5.10 Å². The summed E-state index contributed by atoms with van der Waals surface area (Å²) < 4.78 is 0. The van der Waals surface area contributed by atoms with E-state index in [0.29, 0.717) is 6.54 Å². The topological polar surface area (TPSA) is 44.7 Å². The molecule has 0 bridgehead atoms. The smallest absolute Gasteiger partial charge is 0.254 e. The van der Waals surface area contributed by atoms with E-state index in [9.17, 15) is 4.79 Å². The lowest BCUT2D eigenvalue weighted by Crippen LogP contribution is -2.40. The van der Waals surface area contributed by atoms with Crippen LogP contribution in [-0.4, -0.2) is 48.2 Å². The van der Waals surface area contributed by atoms with Gasteiger partial charge in [0.25, 0.3) is 5.91 Å². The zero-order valence-corrected chi connectivity index (χ0v) is 14.3. The van der Waals surface area contributed by atoms with Crippen LogP contribution in [0.25, 0.3) is 11.1 Å². The Morgan fingerprint density at radius 3 is 2.42 bits per heavy atom. The summed E-state index contributed by atoms with van der Waals surface area (Å²) in [5.74, 6) is 2.15. The molecule has 1 N–H and O–H groups in total. The average molecular weight is 339 g/mol. The second-order valence-electron chi connectivity index (χ2n) is 5.67. The Kier molecular flexibility index (Phi) is 6.04. The van der Waals surface area contributed by atoms with Crippen LogP contribution in [0.1, 0.15) is 5.56 Å². The second-order valence-corrected chi connectivity index (χ2v) is 6.89. The Hall–Kier alpha value is -2.11. The fourth-order valence-corrected chi connectivity index (χ4v) is 3.55. The fraction of sp³-hybridized carbons (Fsp3) is 0.263. The lowest BCUT2D eigenvalue weighted by molar-refractivity contribution is -0.122. The van der Waals surface area contributed by atoms with Crippen molar-refractivity contribution in [1.82, 2.24) is 10.3 Å². The van der Waals surface area contributed by atoms with Crippen molar-refractivity contribution in [1.29, 1.82) is 0 Å². The standard InChI is InChI=1S/C19H21N3OS/c23-19(15-22-10-12-24-13-11-22)21-20-14-16-6-8-18(9-7-16)17-4-2-1-3-5-17/h1-9,14H,10-13,15H2,(H,21,23)/b20-14-. The number of amides is 1. The number of benzene rings is 2. The highest BCUT2D eigenvalue weighted by Gasteiger charge is 2.13. The minimum atomic E-state index is -0.0564. The Balaban J connectivity index is 1.50. The average Bonchev–Trinajstić information content (AvgIpc) is 2.64. The maximum absolute atomic E-state index is 11.9. The molecule has 124 valence electrons. The summed E-state index contributed by atoms with van der Waals surface area (Å²) in [5, 5.41) is 4.05. The predicted octanol–water partition coefficient (Wildman–Crippen LogP) is 2.85. The molecule has 2 aromatic carbocycles. The van der Waals surface area contributed by atoms with Gasteiger partial charge in [0.05, 0.1) is 12.8 Å². The first-order valence-electron chi connectivity index (χ1n) is 8.09. The van der Waals surface area contributed by atoms with Gasteiger partial charge in [-0.1, -0.05) is 54.6 Å². The van der Waals surface area contributed by atoms with Gasteiger partial charge in [-0.15, -0.1) is 0 Å². The molecular formula is C19H21N3OS. The molecule has 1 heterocycles. The largest absolute Gasteiger partial charge is 0.293 e. The molecule has 0 aromatic heterocycles. The van der Waals surface area contributed by atoms with Crippen molar-refractivity contribution in [3.63, 3.8) is 0 Å². The Morgan fingerprint density at radius 1 is 1.04 bits per heavy atom. The number of nitrogens with zero attached hydrogens (tertiary/aromatic N) is 2. The normalized spacial score (nSPS) is 15.5. The summed E-state index contributed by atoms with van der Waals surface area (Å²) >= 11 is 1.94. The van der Waals surface area contributed by atoms with Gasteiger partial charge in [0, 0.05) is 24.6 Å². The summed E-state index contributed by atoms with van der Waals surface area (Å²) in [6.07, 6.45) is 1.68. The van der Waals surface area contributed by atoms with Gasteiger partial charge in [0.2, 0.25) is 0 Å². The van der Waals surface area contributed by atoms with E-state index in [1.54, 1.807) is 6.21 Å². The van der Waals surface area contributed by atoms with Crippen LogP contribution >= 0.6 is 11.8 Å². The highest BCUT2D eigenvalue weighted by atomic mass is 32.2. The number of rotatable bonds is 5. The summed E-state index contributed by atoms with van der Waals surface area (Å²) in [5.41, 5.74) is 5.92. The molecule has 1 fully saturated rings. The van der Waals surface area contributed by atoms with Crippen molar-refractivity contribution in [3.8, 4) is 11.1 Å². The van der Waals surface area contributed by atoms with Crippen molar-refractivity contribution in [2.75, 3.05) is 31.1 Å². The van der Waals surface area contributed by atoms with Gasteiger partial charge >= 0.3 is 0 Å². The highest BCUT2D eigenvalue weighted by molar-refractivity contribution is 7.99. The predicted molar refractivity (Wildman–Crippen MR) is 101 cm³/mol. The molecule has 3 rings (SSSR count). The zero-order chi connectivity index (χ0) is 16.6. The van der Waals surface area contributed by atoms with Crippen LogP contribution < -0.4 is 5.43 Å². The third kappa shape index (κ3) is 4.94. The molecule has 0 atom stereocenters. The van der Waals surface area contributed by atoms with Gasteiger partial charge in [-0.2, -0.15) is 16.9 Å². The second kappa shape index (κ2) is 8.66. The van der Waals surface area contributed by atoms with Crippen LogP contribution in [0.4, 0.5) is 0 Å². The van der Waals surface area contributed by atoms with E-state index in [4.69, 9.17) is 0 Å². The molecule has 1 amide bonds. The third-order valence-electron chi connectivity index (χ3n) is 3.89. The van der Waals surface area contributed by atoms with E-state index in [2.05, 4.69) is 39.7 Å². The number of nitrogens with one attached hydrogen (secondary N) is 1. The number of thioether (sulfide) groups is 1. The molecule has 2 aromatic rings. The van der Waals surface area contributed by atoms with Crippen LogP contribution in [0.15, 0.2) is 59.7 Å². The molecule has 0 aliphatic carbocycles. The zero-order valence-electron chi connectivity index (χ0n) is 13.5. The fourth-order valence-electron chi connectivity index (χ4n) is 2.57. The molecule has 0 unspecified atom stereocenters. The first-order valence-corrected chi connectivity index (χ1v) is 9.24. The quantitative estimate of drug-likeness (QED) is 0.673. The molecule has 4 nitrogen and oxygen atoms in total. The van der Waals surface area contributed by atoms with Gasteiger partial charge < -0.3 is 0 Å². The highest BCUT2D eigenvalue weighted by Crippen LogP contribution is 2.18. The van der Waals surface area contributed by atoms with Gasteiger partial charge in [0.15, 0.2) is 0 Å². The van der Waals surface area contributed by atoms with Crippen LogP contribution in [0.5, 0.6) is 0 Å². The number of hydrazone groups is 1. The Bertz CT molecular complexity index is 680. The van der Waals surface area contributed by atoms with Crippen LogP contribution in [0.3, 0.4) is 0 Å². The number of hydrogen-bond acceptors (Lipinski definition) is 4. The molecule has 5 heteroatoms. The van der Waals surface area contributed by atoms with Crippen molar-refractivity contribution < 1.29 is 4.79 Å². The molecular weight excluding hydrogens is 318 g/mol. The van der Waals surface area contributed by atoms with Gasteiger partial charge in [0.1, 0.15) is 0 Å². The Labute approximate surface area is 146 Å². The summed E-state index contributed by atoms with van der Waals surface area (Å²) in [7, 11) is 0. The van der Waals surface area contributed by atoms with E-state index < -0.39 is 0 Å². The van der Waals surface area contributed by atoms with Gasteiger partial charge in [-0.25, -0.2) is 5.43 Å². The first kappa shape index (κ1) is 16.7. The van der Waals surface area contributed by atoms with Gasteiger partial charge in [-0.05, 0) is 16.7 Å². The Morgan fingerprint density at radius 2 is 1.71 bits per heavy atom. The van der Waals surface area contributed by atoms with Crippen molar-refractivity contribution in [3.05, 3.63) is 60.2 Å². The monoisotopic (exact) mass is 339 g/mol. The van der Waals surface area contributed by atoms with Crippen LogP contribution in [0.2, 0.25) is 0 Å². The molecule has 0 saturated carbocycles. The van der Waals surface area contributed by atoms with Crippen molar-refractivity contribution >= 4 is 23.9 Å². The maximum atomic E-state index is 11.9. The number of hydrogen-bond donors (Lipinski definition) is 1. The van der Waals surface area contributed by atoms with E-state index >= 15 is 0 Å². The third-order valence-corrected chi connectivity index (χ3v) is 4.83. The lowest BCUT2D eigenvalue weighted by atomic mass is 10.0. The van der Waals surface area contributed by atoms with E-state index in [0.717, 1.165) is 30.2 Å². The molecule has 0 radical (unpaired) electrons. The summed E-state index contributed by atoms with van der Waals surface area (Å²) in [4.78, 5) is 14.0. The first-order chi connectivity index (χ1) is 11.8. The lowest BCUT2D eigenvalue weighted by Gasteiger charge is -2.24. The minimum Gasteiger partial charge on any atom is -0.293 e. The van der Waals surface area contributed by atoms with Crippen molar-refractivity contribution in [2.45, 2.75) is 0 Å². The molecule has 24 heavy (non-hydrogen) atoms. The van der Waals surface area contributed by atoms with E-state index in [-0.39, 0.29) is 5.91 Å².